The average molecular weight is 208 g/mol. The van der Waals surface area contributed by atoms with Crippen molar-refractivity contribution in [3.63, 3.8) is 0 Å². The van der Waals surface area contributed by atoms with E-state index in [4.69, 9.17) is 4.79 Å². The fourth-order valence-corrected chi connectivity index (χ4v) is 0. The predicted molar refractivity (Wildman–Crippen MR) is 23.7 cm³/mol. The zero-order chi connectivity index (χ0) is 3.58. The van der Waals surface area contributed by atoms with Crippen molar-refractivity contribution in [2.24, 2.45) is 11.5 Å². The van der Waals surface area contributed by atoms with Crippen molar-refractivity contribution in [3.05, 3.63) is 0 Å². The molecule has 0 unspecified atom stereocenters. The minimum absolute atomic E-state index is 0. The summed E-state index contributed by atoms with van der Waals surface area (Å²) in [5.74, 6) is 0. The minimum Gasteiger partial charge on any atom is -0.352 e. The van der Waals surface area contributed by atoms with Crippen LogP contribution in [0.5, 0.6) is 0 Å². The first-order valence-corrected chi connectivity index (χ1v) is 0.781. The number of hydrogen-bond donors (Lipinski definition) is 2. The molecule has 0 aliphatic carbocycles. The molecule has 0 heterocycles. The van der Waals surface area contributed by atoms with Gasteiger partial charge in [0.1, 0.15) is 0 Å². The van der Waals surface area contributed by atoms with E-state index in [1.54, 1.807) is 0 Å². The number of amides is 2. The molecule has 0 aromatic carbocycles. The fourth-order valence-electron chi connectivity index (χ4n) is 0. The molecule has 0 rings (SSSR count). The van der Waals surface area contributed by atoms with Crippen LogP contribution in [-0.4, -0.2) is 23.4 Å². The molecule has 0 saturated heterocycles. The molecule has 7 heavy (non-hydrogen) atoms. The van der Waals surface area contributed by atoms with Crippen LogP contribution in [0.3, 0.4) is 0 Å². The molecule has 3 nitrogen and oxygen atoms in total. The number of carbonyl (C=O) groups excluding carboxylic acids is 1. The first kappa shape index (κ1) is 25.0. The molecule has 0 fully saturated rings. The van der Waals surface area contributed by atoms with E-state index in [1.165, 1.54) is 0 Å². The molecule has 6 heteroatoms. The van der Waals surface area contributed by atoms with Crippen LogP contribution >= 0.6 is 0 Å². The maximum absolute atomic E-state index is 9.00. The standard InChI is InChI=1S/CH4N2O.Al.Co.Ni.3H/c2-1(3)4;;;;;;/h(H4,2,3,4);;;;;;. The van der Waals surface area contributed by atoms with E-state index in [-0.39, 0.29) is 50.6 Å². The van der Waals surface area contributed by atoms with Crippen molar-refractivity contribution >= 4 is 23.4 Å². The van der Waals surface area contributed by atoms with Crippen LogP contribution < -0.4 is 11.5 Å². The topological polar surface area (TPSA) is 69.1 Å². The Bertz CT molecular complexity index is 40.7. The van der Waals surface area contributed by atoms with Crippen LogP contribution in [0.1, 0.15) is 0 Å². The molecule has 0 saturated carbocycles. The zero-order valence-corrected chi connectivity index (χ0v) is 4.74. The van der Waals surface area contributed by atoms with E-state index in [1.807, 2.05) is 0 Å². The van der Waals surface area contributed by atoms with Gasteiger partial charge in [-0.25, -0.2) is 4.79 Å². The second-order valence-electron chi connectivity index (χ2n) is 0.402. The third kappa shape index (κ3) is 244. The Morgan fingerprint density at radius 3 is 1.29 bits per heavy atom. The van der Waals surface area contributed by atoms with Gasteiger partial charge in [0.25, 0.3) is 0 Å². The summed E-state index contributed by atoms with van der Waals surface area (Å²) in [7, 11) is 0. The molecule has 49 valence electrons. The van der Waals surface area contributed by atoms with Crippen molar-refractivity contribution in [1.29, 1.82) is 0 Å². The largest absolute Gasteiger partial charge is 0.352 e. The van der Waals surface area contributed by atoms with Gasteiger partial charge in [-0.1, -0.05) is 0 Å². The maximum atomic E-state index is 9.00. The van der Waals surface area contributed by atoms with Gasteiger partial charge in [0.05, 0.1) is 0 Å². The number of primary amides is 2. The molecular formula is CH7AlCoN2NiO. The zero-order valence-electron chi connectivity index (χ0n) is 2.71. The molecular weight excluding hydrogens is 201 g/mol. The van der Waals surface area contributed by atoms with Crippen LogP contribution in [0.25, 0.3) is 0 Å². The summed E-state index contributed by atoms with van der Waals surface area (Å²) in [5.41, 5.74) is 8.50. The monoisotopic (exact) mass is 207 g/mol. The summed E-state index contributed by atoms with van der Waals surface area (Å²) in [6, 6.07) is -0.833. The van der Waals surface area contributed by atoms with Gasteiger partial charge in [-0.05, 0) is 0 Å². The van der Waals surface area contributed by atoms with E-state index in [9.17, 15) is 0 Å². The molecule has 0 aliphatic heterocycles. The normalized spacial score (nSPS) is 3.43. The summed E-state index contributed by atoms with van der Waals surface area (Å²) >= 11 is 0. The number of nitrogens with two attached hydrogens (primary N) is 2. The van der Waals surface area contributed by atoms with Gasteiger partial charge in [0.2, 0.25) is 0 Å². The molecule has 0 spiro atoms. The van der Waals surface area contributed by atoms with Crippen molar-refractivity contribution < 1.29 is 38.1 Å². The number of urea groups is 1. The van der Waals surface area contributed by atoms with Gasteiger partial charge in [-0.2, -0.15) is 0 Å². The molecule has 2 amide bonds. The van der Waals surface area contributed by atoms with Gasteiger partial charge in [-0.15, -0.1) is 0 Å². The van der Waals surface area contributed by atoms with Crippen molar-refractivity contribution in [3.8, 4) is 0 Å². The SMILES string of the molecule is NC(N)=O.[AlH3].[Co].[Ni]. The fraction of sp³-hybridized carbons (Fsp3) is 0. The smallest absolute Gasteiger partial charge is 0.309 e. The Hall–Kier alpha value is 0.802. The van der Waals surface area contributed by atoms with E-state index >= 15 is 0 Å². The summed E-state index contributed by atoms with van der Waals surface area (Å²) in [6.07, 6.45) is 0. The van der Waals surface area contributed by atoms with E-state index in [0.29, 0.717) is 0 Å². The molecule has 4 N–H and O–H groups in total. The Morgan fingerprint density at radius 1 is 1.29 bits per heavy atom. The molecule has 0 aromatic heterocycles. The number of carbonyl (C=O) groups is 1. The van der Waals surface area contributed by atoms with E-state index in [2.05, 4.69) is 11.5 Å². The van der Waals surface area contributed by atoms with Gasteiger partial charge in [0.15, 0.2) is 17.4 Å². The Morgan fingerprint density at radius 2 is 1.29 bits per heavy atom. The van der Waals surface area contributed by atoms with Crippen LogP contribution in [0.4, 0.5) is 4.79 Å². The second kappa shape index (κ2) is 15.8. The number of hydrogen-bond acceptors (Lipinski definition) is 1. The Kier molecular flexibility index (Phi) is 56.5. The van der Waals surface area contributed by atoms with Crippen LogP contribution in [0.2, 0.25) is 0 Å². The summed E-state index contributed by atoms with van der Waals surface area (Å²) in [4.78, 5) is 9.00. The quantitative estimate of drug-likeness (QED) is 0.437. The summed E-state index contributed by atoms with van der Waals surface area (Å²) < 4.78 is 0. The first-order chi connectivity index (χ1) is 1.73. The van der Waals surface area contributed by atoms with Gasteiger partial charge >= 0.3 is 6.03 Å². The maximum Gasteiger partial charge on any atom is 0.309 e. The second-order valence-corrected chi connectivity index (χ2v) is 0.402. The summed E-state index contributed by atoms with van der Waals surface area (Å²) in [5, 5.41) is 0. The van der Waals surface area contributed by atoms with Gasteiger partial charge in [0, 0.05) is 33.3 Å². The molecule has 1 radical (unpaired) electrons. The first-order valence-electron chi connectivity index (χ1n) is 0.781. The third-order valence-electron chi connectivity index (χ3n) is 0. The molecule has 0 aromatic rings. The van der Waals surface area contributed by atoms with Crippen molar-refractivity contribution in [1.82, 2.24) is 0 Å². The van der Waals surface area contributed by atoms with Gasteiger partial charge in [-0.3, -0.25) is 0 Å². The van der Waals surface area contributed by atoms with Crippen LogP contribution in [0.15, 0.2) is 0 Å². The van der Waals surface area contributed by atoms with Gasteiger partial charge < -0.3 is 11.5 Å². The predicted octanol–water partition coefficient (Wildman–Crippen LogP) is -2.17. The van der Waals surface area contributed by atoms with Crippen LogP contribution in [0, 0.1) is 0 Å². The molecule has 0 atom stereocenters. The summed E-state index contributed by atoms with van der Waals surface area (Å²) in [6.45, 7) is 0. The van der Waals surface area contributed by atoms with E-state index < -0.39 is 6.03 Å². The van der Waals surface area contributed by atoms with Crippen molar-refractivity contribution in [2.45, 2.75) is 0 Å². The Balaban J connectivity index is -0.0000000150. The van der Waals surface area contributed by atoms with E-state index in [0.717, 1.165) is 0 Å². The molecule has 0 aliphatic rings. The van der Waals surface area contributed by atoms with Crippen molar-refractivity contribution in [2.75, 3.05) is 0 Å². The average Bonchev–Trinajstić information content (AvgIpc) is 0.811. The van der Waals surface area contributed by atoms with Crippen LogP contribution in [-0.2, 0) is 33.3 Å². The minimum atomic E-state index is -0.833. The Labute approximate surface area is 72.8 Å². The number of rotatable bonds is 0. The third-order valence-corrected chi connectivity index (χ3v) is 0. The molecule has 0 bridgehead atoms.